The van der Waals surface area contributed by atoms with Crippen LogP contribution in [0.3, 0.4) is 0 Å². The molecule has 0 fully saturated rings. The molecule has 2 N–H and O–H groups in total. The van der Waals surface area contributed by atoms with Crippen LogP contribution in [-0.2, 0) is 4.79 Å². The van der Waals surface area contributed by atoms with Gasteiger partial charge in [0.1, 0.15) is 6.54 Å². The van der Waals surface area contributed by atoms with Gasteiger partial charge in [-0.1, -0.05) is 18.2 Å². The average molecular weight is 201 g/mol. The fourth-order valence-electron chi connectivity index (χ4n) is 1.08. The van der Waals surface area contributed by atoms with Crippen LogP contribution in [0, 0.1) is 6.92 Å². The Kier molecular flexibility index (Phi) is 5.76. The first kappa shape index (κ1) is 13.8. The number of hydrogen-bond acceptors (Lipinski definition) is 2. The second kappa shape index (κ2) is 6.28. The second-order valence-electron chi connectivity index (χ2n) is 2.89. The molecule has 0 aliphatic carbocycles. The topological polar surface area (TPSA) is 66.4 Å². The van der Waals surface area contributed by atoms with Gasteiger partial charge < -0.3 is 10.4 Å². The fourth-order valence-corrected chi connectivity index (χ4v) is 1.08. The molecule has 1 amide bonds. The molecule has 0 spiro atoms. The number of benzene rings is 1. The van der Waals surface area contributed by atoms with Crippen LogP contribution in [-0.4, -0.2) is 42.4 Å². The van der Waals surface area contributed by atoms with E-state index in [1.54, 1.807) is 25.1 Å². The summed E-state index contributed by atoms with van der Waals surface area (Å²) < 4.78 is 0. The summed E-state index contributed by atoms with van der Waals surface area (Å²) in [7, 11) is 0. The van der Waals surface area contributed by atoms with Crippen LogP contribution >= 0.6 is 0 Å². The number of carbonyl (C=O) groups excluding carboxylic acids is 1. The van der Waals surface area contributed by atoms with Gasteiger partial charge in [-0.15, -0.1) is 0 Å². The summed E-state index contributed by atoms with van der Waals surface area (Å²) in [6, 6.07) is 7.02. The minimum absolute atomic E-state index is 0. The predicted molar refractivity (Wildman–Crippen MR) is 58.3 cm³/mol. The van der Waals surface area contributed by atoms with Crippen molar-refractivity contribution >= 4 is 30.7 Å². The van der Waals surface area contributed by atoms with Crippen molar-refractivity contribution in [2.24, 2.45) is 0 Å². The monoisotopic (exact) mass is 201 g/mol. The predicted octanol–water partition coefficient (Wildman–Crippen LogP) is 0.161. The molecule has 1 aromatic rings. The molecule has 1 rings (SSSR count). The van der Waals surface area contributed by atoms with E-state index in [2.05, 4.69) is 5.32 Å². The molecule has 0 aliphatic rings. The summed E-state index contributed by atoms with van der Waals surface area (Å²) in [5.74, 6) is -1.41. The molecule has 0 saturated heterocycles. The molecule has 1 aromatic carbocycles. The van der Waals surface area contributed by atoms with Crippen molar-refractivity contribution in [2.45, 2.75) is 6.92 Å². The first-order valence-electron chi connectivity index (χ1n) is 4.17. The van der Waals surface area contributed by atoms with Crippen LogP contribution in [0.5, 0.6) is 0 Å². The SMILES string of the molecule is Cc1ccccc1C(=O)NCC(=O)O.[LiH]. The number of rotatable bonds is 3. The van der Waals surface area contributed by atoms with Crippen molar-refractivity contribution in [2.75, 3.05) is 6.54 Å². The third-order valence-electron chi connectivity index (χ3n) is 1.79. The number of nitrogens with one attached hydrogen (secondary N) is 1. The van der Waals surface area contributed by atoms with E-state index >= 15 is 0 Å². The van der Waals surface area contributed by atoms with Crippen LogP contribution in [0.25, 0.3) is 0 Å². The molecule has 4 nitrogen and oxygen atoms in total. The normalized spacial score (nSPS) is 8.87. The molecule has 0 bridgehead atoms. The van der Waals surface area contributed by atoms with Gasteiger partial charge in [0.2, 0.25) is 0 Å². The average Bonchev–Trinajstić information content (AvgIpc) is 2.15. The molecule has 15 heavy (non-hydrogen) atoms. The van der Waals surface area contributed by atoms with Crippen molar-refractivity contribution in [3.63, 3.8) is 0 Å². The van der Waals surface area contributed by atoms with Gasteiger partial charge in [0.15, 0.2) is 0 Å². The van der Waals surface area contributed by atoms with Crippen molar-refractivity contribution in [1.82, 2.24) is 5.32 Å². The Balaban J connectivity index is 0.00000196. The van der Waals surface area contributed by atoms with E-state index in [0.29, 0.717) is 5.56 Å². The molecule has 5 heteroatoms. The van der Waals surface area contributed by atoms with Gasteiger partial charge in [-0.25, -0.2) is 0 Å². The van der Waals surface area contributed by atoms with Gasteiger partial charge in [-0.05, 0) is 18.6 Å². The van der Waals surface area contributed by atoms with E-state index in [9.17, 15) is 9.59 Å². The molecule has 0 radical (unpaired) electrons. The maximum absolute atomic E-state index is 11.4. The number of aryl methyl sites for hydroxylation is 1. The molecule has 0 aliphatic heterocycles. The number of carboxylic acids is 1. The molecule has 0 heterocycles. The molecule has 0 saturated carbocycles. The summed E-state index contributed by atoms with van der Waals surface area (Å²) in [6.07, 6.45) is 0. The molecule has 0 aromatic heterocycles. The van der Waals surface area contributed by atoms with Gasteiger partial charge in [0.05, 0.1) is 0 Å². The zero-order valence-corrected chi connectivity index (χ0v) is 7.78. The third-order valence-corrected chi connectivity index (χ3v) is 1.79. The number of carboxylic acid groups (broad SMARTS) is 1. The standard InChI is InChI=1S/C10H11NO3.Li.H/c1-7-4-2-3-5-8(7)10(14)11-6-9(12)13;;/h2-5H,6H2,1H3,(H,11,14)(H,12,13);;. The van der Waals surface area contributed by atoms with E-state index in [0.717, 1.165) is 5.56 Å². The number of hydrogen-bond donors (Lipinski definition) is 2. The van der Waals surface area contributed by atoms with Gasteiger partial charge in [0, 0.05) is 5.56 Å². The zero-order valence-electron chi connectivity index (χ0n) is 7.78. The Bertz CT molecular complexity index is 365. The van der Waals surface area contributed by atoms with Gasteiger partial charge in [0.25, 0.3) is 5.91 Å². The first-order valence-corrected chi connectivity index (χ1v) is 4.17. The Labute approximate surface area is 99.9 Å². The zero-order chi connectivity index (χ0) is 10.6. The Morgan fingerprint density at radius 3 is 2.47 bits per heavy atom. The summed E-state index contributed by atoms with van der Waals surface area (Å²) in [6.45, 7) is 1.45. The van der Waals surface area contributed by atoms with Crippen LogP contribution in [0.15, 0.2) is 24.3 Å². The van der Waals surface area contributed by atoms with Crippen molar-refractivity contribution in [3.05, 3.63) is 35.4 Å². The van der Waals surface area contributed by atoms with E-state index in [1.165, 1.54) is 0 Å². The van der Waals surface area contributed by atoms with Gasteiger partial charge >= 0.3 is 24.8 Å². The van der Waals surface area contributed by atoms with Crippen LogP contribution in [0.1, 0.15) is 15.9 Å². The van der Waals surface area contributed by atoms with Crippen molar-refractivity contribution < 1.29 is 14.7 Å². The summed E-state index contributed by atoms with van der Waals surface area (Å²) in [5.41, 5.74) is 1.34. The van der Waals surface area contributed by atoms with Crippen LogP contribution in [0.2, 0.25) is 0 Å². The Hall–Kier alpha value is -1.24. The second-order valence-corrected chi connectivity index (χ2v) is 2.89. The van der Waals surface area contributed by atoms with Gasteiger partial charge in [-0.3, -0.25) is 9.59 Å². The number of amides is 1. The van der Waals surface area contributed by atoms with E-state index in [1.807, 2.05) is 6.07 Å². The molecule has 0 atom stereocenters. The number of carbonyl (C=O) groups is 2. The minimum atomic E-state index is -1.05. The van der Waals surface area contributed by atoms with Crippen molar-refractivity contribution in [1.29, 1.82) is 0 Å². The molecule has 0 unspecified atom stereocenters. The van der Waals surface area contributed by atoms with Crippen molar-refractivity contribution in [3.8, 4) is 0 Å². The van der Waals surface area contributed by atoms with Crippen LogP contribution in [0.4, 0.5) is 0 Å². The maximum atomic E-state index is 11.4. The van der Waals surface area contributed by atoms with E-state index < -0.39 is 5.97 Å². The molecular weight excluding hydrogens is 189 g/mol. The quantitative estimate of drug-likeness (QED) is 0.684. The fraction of sp³-hybridized carbons (Fsp3) is 0.200. The Morgan fingerprint density at radius 1 is 1.33 bits per heavy atom. The third kappa shape index (κ3) is 4.20. The van der Waals surface area contributed by atoms with E-state index in [-0.39, 0.29) is 31.3 Å². The summed E-state index contributed by atoms with van der Waals surface area (Å²) >= 11 is 0. The van der Waals surface area contributed by atoms with E-state index in [4.69, 9.17) is 5.11 Å². The molecular formula is C10H12LiNO3. The van der Waals surface area contributed by atoms with Gasteiger partial charge in [-0.2, -0.15) is 0 Å². The summed E-state index contributed by atoms with van der Waals surface area (Å²) in [4.78, 5) is 21.6. The number of aliphatic carboxylic acids is 1. The summed E-state index contributed by atoms with van der Waals surface area (Å²) in [5, 5.41) is 10.7. The van der Waals surface area contributed by atoms with Crippen LogP contribution < -0.4 is 5.32 Å². The molecule has 76 valence electrons. The Morgan fingerprint density at radius 2 is 1.93 bits per heavy atom. The first-order chi connectivity index (χ1) is 6.61.